The first-order valence-corrected chi connectivity index (χ1v) is 6.51. The van der Waals surface area contributed by atoms with Gasteiger partial charge in [0.15, 0.2) is 0 Å². The fourth-order valence-electron chi connectivity index (χ4n) is 1.74. The fraction of sp³-hybridized carbons (Fsp3) is 0.333. The number of aliphatic carboxylic acids is 1. The van der Waals surface area contributed by atoms with E-state index in [4.69, 9.17) is 5.11 Å². The zero-order valence-corrected chi connectivity index (χ0v) is 10.2. The lowest BCUT2D eigenvalue weighted by atomic mass is 10.1. The summed E-state index contributed by atoms with van der Waals surface area (Å²) < 4.78 is 13.4. The van der Waals surface area contributed by atoms with E-state index in [0.29, 0.717) is 11.3 Å². The van der Waals surface area contributed by atoms with Gasteiger partial charge < -0.3 is 10.4 Å². The number of carbonyl (C=O) groups excluding carboxylic acids is 1. The van der Waals surface area contributed by atoms with E-state index in [2.05, 4.69) is 5.32 Å². The molecule has 2 N–H and O–H groups in total. The minimum Gasteiger partial charge on any atom is -0.480 e. The van der Waals surface area contributed by atoms with Gasteiger partial charge in [0.1, 0.15) is 11.9 Å². The van der Waals surface area contributed by atoms with Gasteiger partial charge in [0.25, 0.3) is 0 Å². The largest absolute Gasteiger partial charge is 0.480 e. The highest BCUT2D eigenvalue weighted by molar-refractivity contribution is 8.00. The lowest BCUT2D eigenvalue weighted by molar-refractivity contribution is -0.141. The third-order valence-corrected chi connectivity index (χ3v) is 4.04. The fourth-order valence-corrected chi connectivity index (χ4v) is 2.91. The van der Waals surface area contributed by atoms with E-state index in [1.165, 1.54) is 17.8 Å². The molecule has 1 aliphatic rings. The number of carbonyl (C=O) groups is 2. The van der Waals surface area contributed by atoms with Crippen LogP contribution in [0.2, 0.25) is 0 Å². The molecule has 0 radical (unpaired) electrons. The molecule has 1 heterocycles. The average Bonchev–Trinajstić information content (AvgIpc) is 2.34. The van der Waals surface area contributed by atoms with Crippen molar-refractivity contribution in [3.63, 3.8) is 0 Å². The Kier molecular flexibility index (Phi) is 3.86. The van der Waals surface area contributed by atoms with Crippen LogP contribution in [0.15, 0.2) is 24.3 Å². The number of rotatable bonds is 3. The molecule has 1 saturated heterocycles. The van der Waals surface area contributed by atoms with Gasteiger partial charge >= 0.3 is 5.97 Å². The van der Waals surface area contributed by atoms with Gasteiger partial charge in [-0.05, 0) is 18.1 Å². The summed E-state index contributed by atoms with van der Waals surface area (Å²) in [4.78, 5) is 22.4. The first-order chi connectivity index (χ1) is 8.58. The van der Waals surface area contributed by atoms with Gasteiger partial charge in [0.2, 0.25) is 5.91 Å². The molecule has 0 aromatic heterocycles. The van der Waals surface area contributed by atoms with Gasteiger partial charge in [-0.3, -0.25) is 4.79 Å². The maximum Gasteiger partial charge on any atom is 0.327 e. The van der Waals surface area contributed by atoms with Crippen molar-refractivity contribution in [3.8, 4) is 0 Å². The molecule has 1 amide bonds. The van der Waals surface area contributed by atoms with Crippen molar-refractivity contribution in [1.29, 1.82) is 0 Å². The molecular formula is C12H12FNO3S. The normalized spacial score (nSPS) is 23.5. The molecular weight excluding hydrogens is 257 g/mol. The van der Waals surface area contributed by atoms with Gasteiger partial charge in [0.05, 0.1) is 5.25 Å². The third-order valence-electron chi connectivity index (χ3n) is 2.73. The Bertz CT molecular complexity index is 480. The molecule has 2 unspecified atom stereocenters. The van der Waals surface area contributed by atoms with Gasteiger partial charge in [-0.2, -0.15) is 0 Å². The highest BCUT2D eigenvalue weighted by Gasteiger charge is 2.32. The first kappa shape index (κ1) is 12.9. The molecule has 1 fully saturated rings. The third kappa shape index (κ3) is 2.81. The van der Waals surface area contributed by atoms with E-state index < -0.39 is 17.3 Å². The predicted octanol–water partition coefficient (Wildman–Crippen LogP) is 1.05. The van der Waals surface area contributed by atoms with Crippen LogP contribution in [0, 0.1) is 5.82 Å². The predicted molar refractivity (Wildman–Crippen MR) is 65.9 cm³/mol. The van der Waals surface area contributed by atoms with Crippen LogP contribution in [-0.2, 0) is 16.0 Å². The minimum absolute atomic E-state index is 0.273. The Balaban J connectivity index is 2.02. The summed E-state index contributed by atoms with van der Waals surface area (Å²) in [7, 11) is 0. The van der Waals surface area contributed by atoms with E-state index in [-0.39, 0.29) is 18.1 Å². The van der Waals surface area contributed by atoms with Crippen molar-refractivity contribution >= 4 is 23.6 Å². The van der Waals surface area contributed by atoms with Crippen molar-refractivity contribution < 1.29 is 19.1 Å². The SMILES string of the molecule is O=C(O)C1CSC(Cc2ccccc2F)C(=O)N1. The molecule has 96 valence electrons. The number of carboxylic acids is 1. The second-order valence-electron chi connectivity index (χ2n) is 4.02. The number of amides is 1. The monoisotopic (exact) mass is 269 g/mol. The number of hydrogen-bond acceptors (Lipinski definition) is 3. The molecule has 1 aromatic carbocycles. The van der Waals surface area contributed by atoms with Crippen LogP contribution in [0.1, 0.15) is 5.56 Å². The molecule has 6 heteroatoms. The zero-order chi connectivity index (χ0) is 13.1. The molecule has 1 aliphatic heterocycles. The van der Waals surface area contributed by atoms with E-state index in [9.17, 15) is 14.0 Å². The van der Waals surface area contributed by atoms with Crippen LogP contribution in [-0.4, -0.2) is 34.0 Å². The maximum absolute atomic E-state index is 13.4. The average molecular weight is 269 g/mol. The van der Waals surface area contributed by atoms with E-state index in [0.717, 1.165) is 0 Å². The van der Waals surface area contributed by atoms with Gasteiger partial charge in [0, 0.05) is 5.75 Å². The zero-order valence-electron chi connectivity index (χ0n) is 9.43. The standard InChI is InChI=1S/C12H12FNO3S/c13-8-4-2-1-3-7(8)5-10-11(15)14-9(6-18-10)12(16)17/h1-4,9-10H,5-6H2,(H,14,15)(H,16,17). The highest BCUT2D eigenvalue weighted by Crippen LogP contribution is 2.23. The van der Waals surface area contributed by atoms with Crippen molar-refractivity contribution in [3.05, 3.63) is 35.6 Å². The van der Waals surface area contributed by atoms with Crippen molar-refractivity contribution in [2.45, 2.75) is 17.7 Å². The summed E-state index contributed by atoms with van der Waals surface area (Å²) >= 11 is 1.25. The van der Waals surface area contributed by atoms with Gasteiger partial charge in [-0.1, -0.05) is 18.2 Å². The molecule has 2 rings (SSSR count). The Morgan fingerprint density at radius 1 is 1.50 bits per heavy atom. The minimum atomic E-state index is -1.04. The summed E-state index contributed by atoms with van der Waals surface area (Å²) in [5.41, 5.74) is 0.471. The van der Waals surface area contributed by atoms with Crippen LogP contribution in [0.3, 0.4) is 0 Å². The topological polar surface area (TPSA) is 66.4 Å². The van der Waals surface area contributed by atoms with Crippen molar-refractivity contribution in [1.82, 2.24) is 5.32 Å². The number of nitrogens with one attached hydrogen (secondary N) is 1. The molecule has 0 saturated carbocycles. The number of carboxylic acid groups (broad SMARTS) is 1. The van der Waals surface area contributed by atoms with Gasteiger partial charge in [-0.15, -0.1) is 11.8 Å². The van der Waals surface area contributed by atoms with Crippen LogP contribution < -0.4 is 5.32 Å². The van der Waals surface area contributed by atoms with Gasteiger partial charge in [-0.25, -0.2) is 9.18 Å². The van der Waals surface area contributed by atoms with E-state index in [1.807, 2.05) is 0 Å². The summed E-state index contributed by atoms with van der Waals surface area (Å²) in [6.45, 7) is 0. The Morgan fingerprint density at radius 2 is 2.22 bits per heavy atom. The summed E-state index contributed by atoms with van der Waals surface area (Å²) in [5.74, 6) is -1.42. The van der Waals surface area contributed by atoms with Crippen molar-refractivity contribution in [2.24, 2.45) is 0 Å². The number of benzene rings is 1. The Labute approximate surface area is 108 Å². The number of thioether (sulfide) groups is 1. The molecule has 0 spiro atoms. The van der Waals surface area contributed by atoms with Crippen LogP contribution in [0.5, 0.6) is 0 Å². The van der Waals surface area contributed by atoms with E-state index >= 15 is 0 Å². The second-order valence-corrected chi connectivity index (χ2v) is 5.25. The summed E-state index contributed by atoms with van der Waals surface area (Å²) in [6.07, 6.45) is 0.273. The molecule has 1 aromatic rings. The Morgan fingerprint density at radius 3 is 2.83 bits per heavy atom. The van der Waals surface area contributed by atoms with Crippen LogP contribution in [0.4, 0.5) is 4.39 Å². The number of hydrogen-bond donors (Lipinski definition) is 2. The quantitative estimate of drug-likeness (QED) is 0.861. The summed E-state index contributed by atoms with van der Waals surface area (Å²) in [6, 6.07) is 5.43. The maximum atomic E-state index is 13.4. The highest BCUT2D eigenvalue weighted by atomic mass is 32.2. The lowest BCUT2D eigenvalue weighted by Crippen LogP contribution is -2.51. The second kappa shape index (κ2) is 5.39. The van der Waals surface area contributed by atoms with Crippen LogP contribution in [0.25, 0.3) is 0 Å². The molecule has 0 bridgehead atoms. The number of halogens is 1. The molecule has 18 heavy (non-hydrogen) atoms. The first-order valence-electron chi connectivity index (χ1n) is 5.46. The van der Waals surface area contributed by atoms with Crippen LogP contribution >= 0.6 is 11.8 Å². The van der Waals surface area contributed by atoms with Crippen molar-refractivity contribution in [2.75, 3.05) is 5.75 Å². The Hall–Kier alpha value is -1.56. The lowest BCUT2D eigenvalue weighted by Gasteiger charge is -2.26. The molecule has 2 atom stereocenters. The summed E-state index contributed by atoms with van der Waals surface area (Å²) in [5, 5.41) is 10.8. The molecule has 4 nitrogen and oxygen atoms in total. The molecule has 0 aliphatic carbocycles. The smallest absolute Gasteiger partial charge is 0.327 e. The van der Waals surface area contributed by atoms with E-state index in [1.54, 1.807) is 18.2 Å².